The topological polar surface area (TPSA) is 59.9 Å². The van der Waals surface area contributed by atoms with Crippen LogP contribution in [0.3, 0.4) is 0 Å². The van der Waals surface area contributed by atoms with Gasteiger partial charge in [-0.25, -0.2) is 5.43 Å². The van der Waals surface area contributed by atoms with E-state index in [4.69, 9.17) is 21.1 Å². The maximum Gasteiger partial charge on any atom is 0.272 e. The van der Waals surface area contributed by atoms with Crippen LogP contribution in [-0.4, -0.2) is 25.3 Å². The van der Waals surface area contributed by atoms with Crippen LogP contribution in [0, 0.1) is 0 Å². The van der Waals surface area contributed by atoms with Gasteiger partial charge in [0.15, 0.2) is 11.5 Å². The first-order valence-corrected chi connectivity index (χ1v) is 7.09. The Morgan fingerprint density at radius 3 is 2.73 bits per heavy atom. The van der Waals surface area contributed by atoms with Crippen LogP contribution in [0.1, 0.15) is 15.9 Å². The van der Waals surface area contributed by atoms with Gasteiger partial charge in [0, 0.05) is 0 Å². The number of amides is 1. The van der Waals surface area contributed by atoms with Crippen LogP contribution < -0.4 is 14.9 Å². The quantitative estimate of drug-likeness (QED) is 0.699. The number of halogens is 1. The maximum atomic E-state index is 11.9. The first-order valence-electron chi connectivity index (χ1n) is 6.71. The zero-order valence-corrected chi connectivity index (χ0v) is 12.3. The van der Waals surface area contributed by atoms with Crippen molar-refractivity contribution in [3.05, 3.63) is 58.6 Å². The molecule has 6 heteroatoms. The van der Waals surface area contributed by atoms with E-state index in [9.17, 15) is 4.79 Å². The predicted octanol–water partition coefficient (Wildman–Crippen LogP) is 2.88. The predicted molar refractivity (Wildman–Crippen MR) is 83.9 cm³/mol. The van der Waals surface area contributed by atoms with Gasteiger partial charge in [-0.15, -0.1) is 0 Å². The molecule has 22 heavy (non-hydrogen) atoms. The molecule has 1 N–H and O–H groups in total. The van der Waals surface area contributed by atoms with Gasteiger partial charge in [0.1, 0.15) is 13.2 Å². The van der Waals surface area contributed by atoms with Crippen molar-refractivity contribution < 1.29 is 14.3 Å². The second-order valence-electron chi connectivity index (χ2n) is 4.58. The van der Waals surface area contributed by atoms with E-state index in [1.165, 1.54) is 6.21 Å². The van der Waals surface area contributed by atoms with Gasteiger partial charge in [-0.2, -0.15) is 5.10 Å². The van der Waals surface area contributed by atoms with Crippen LogP contribution in [0.25, 0.3) is 0 Å². The summed E-state index contributed by atoms with van der Waals surface area (Å²) >= 11 is 5.95. The highest BCUT2D eigenvalue weighted by atomic mass is 35.5. The molecule has 0 aliphatic carbocycles. The van der Waals surface area contributed by atoms with E-state index in [1.54, 1.807) is 30.3 Å². The Hall–Kier alpha value is -2.53. The van der Waals surface area contributed by atoms with Crippen molar-refractivity contribution in [1.29, 1.82) is 0 Å². The molecule has 0 saturated heterocycles. The number of carbonyl (C=O) groups is 1. The number of ether oxygens (including phenoxy) is 2. The molecule has 0 aromatic heterocycles. The molecule has 3 rings (SSSR count). The van der Waals surface area contributed by atoms with Gasteiger partial charge in [-0.1, -0.05) is 23.7 Å². The molecule has 112 valence electrons. The third-order valence-corrected chi connectivity index (χ3v) is 3.39. The Balaban J connectivity index is 1.67. The Morgan fingerprint density at radius 2 is 1.91 bits per heavy atom. The van der Waals surface area contributed by atoms with Crippen molar-refractivity contribution in [2.45, 2.75) is 0 Å². The summed E-state index contributed by atoms with van der Waals surface area (Å²) in [5, 5.41) is 4.31. The lowest BCUT2D eigenvalue weighted by Gasteiger charge is -2.18. The zero-order chi connectivity index (χ0) is 15.4. The van der Waals surface area contributed by atoms with Crippen LogP contribution in [-0.2, 0) is 0 Å². The third kappa shape index (κ3) is 3.20. The lowest BCUT2D eigenvalue weighted by molar-refractivity contribution is 0.0955. The fraction of sp³-hybridized carbons (Fsp3) is 0.125. The van der Waals surface area contributed by atoms with Gasteiger partial charge in [0.2, 0.25) is 0 Å². The number of hydrogen-bond donors (Lipinski definition) is 1. The Labute approximate surface area is 132 Å². The number of nitrogens with zero attached hydrogens (tertiary/aromatic N) is 1. The number of nitrogens with one attached hydrogen (secondary N) is 1. The molecule has 0 fully saturated rings. The average Bonchev–Trinajstić information content (AvgIpc) is 2.55. The van der Waals surface area contributed by atoms with Gasteiger partial charge in [0.25, 0.3) is 5.91 Å². The largest absolute Gasteiger partial charge is 0.486 e. The maximum absolute atomic E-state index is 11.9. The summed E-state index contributed by atoms with van der Waals surface area (Å²) in [5.41, 5.74) is 3.62. The fourth-order valence-corrected chi connectivity index (χ4v) is 2.23. The number of carbonyl (C=O) groups excluding carboxylic acids is 1. The molecule has 2 aromatic carbocycles. The molecule has 5 nitrogen and oxygen atoms in total. The molecule has 0 bridgehead atoms. The highest BCUT2D eigenvalue weighted by Crippen LogP contribution is 2.30. The summed E-state index contributed by atoms with van der Waals surface area (Å²) in [5.74, 6) is 1.02. The number of fused-ring (bicyclic) bond motifs is 1. The molecule has 0 radical (unpaired) electrons. The van der Waals surface area contributed by atoms with Gasteiger partial charge in [0.05, 0.1) is 16.8 Å². The van der Waals surface area contributed by atoms with Crippen molar-refractivity contribution in [3.63, 3.8) is 0 Å². The van der Waals surface area contributed by atoms with Crippen LogP contribution >= 0.6 is 11.6 Å². The first kappa shape index (κ1) is 14.4. The Morgan fingerprint density at radius 1 is 1.14 bits per heavy atom. The first-order chi connectivity index (χ1) is 10.7. The molecular formula is C16H13ClN2O3. The van der Waals surface area contributed by atoms with E-state index in [0.29, 0.717) is 35.3 Å². The Kier molecular flexibility index (Phi) is 4.25. The summed E-state index contributed by atoms with van der Waals surface area (Å²) in [6.45, 7) is 1.07. The Bertz CT molecular complexity index is 731. The lowest BCUT2D eigenvalue weighted by atomic mass is 10.2. The molecule has 0 saturated carbocycles. The minimum atomic E-state index is -0.362. The second kappa shape index (κ2) is 6.49. The van der Waals surface area contributed by atoms with Crippen molar-refractivity contribution in [1.82, 2.24) is 5.43 Å². The standard InChI is InChI=1S/C16H13ClN2O3/c17-13-4-2-1-3-12(13)16(20)19-18-10-11-5-6-14-15(9-11)22-8-7-21-14/h1-6,9-10H,7-8H2,(H,19,20). The molecule has 1 aliphatic heterocycles. The molecule has 1 aliphatic rings. The summed E-state index contributed by atoms with van der Waals surface area (Å²) < 4.78 is 10.9. The molecular weight excluding hydrogens is 304 g/mol. The fourth-order valence-electron chi connectivity index (χ4n) is 2.01. The van der Waals surface area contributed by atoms with Crippen molar-refractivity contribution in [2.75, 3.05) is 13.2 Å². The molecule has 1 heterocycles. The second-order valence-corrected chi connectivity index (χ2v) is 4.99. The van der Waals surface area contributed by atoms with E-state index in [0.717, 1.165) is 5.56 Å². The SMILES string of the molecule is O=C(NN=Cc1ccc2c(c1)OCCO2)c1ccccc1Cl. The molecule has 2 aromatic rings. The van der Waals surface area contributed by atoms with Crippen molar-refractivity contribution in [3.8, 4) is 11.5 Å². The van der Waals surface area contributed by atoms with E-state index in [2.05, 4.69) is 10.5 Å². The summed E-state index contributed by atoms with van der Waals surface area (Å²) in [7, 11) is 0. The smallest absolute Gasteiger partial charge is 0.272 e. The van der Waals surface area contributed by atoms with Crippen molar-refractivity contribution in [2.24, 2.45) is 5.10 Å². The minimum absolute atomic E-state index is 0.362. The minimum Gasteiger partial charge on any atom is -0.486 e. The van der Waals surface area contributed by atoms with Gasteiger partial charge in [-0.3, -0.25) is 4.79 Å². The van der Waals surface area contributed by atoms with Gasteiger partial charge in [-0.05, 0) is 35.9 Å². The van der Waals surface area contributed by atoms with E-state index in [1.807, 2.05) is 12.1 Å². The van der Waals surface area contributed by atoms with E-state index >= 15 is 0 Å². The molecule has 0 atom stereocenters. The molecule has 1 amide bonds. The highest BCUT2D eigenvalue weighted by molar-refractivity contribution is 6.33. The normalized spacial score (nSPS) is 13.1. The third-order valence-electron chi connectivity index (χ3n) is 3.06. The summed E-state index contributed by atoms with van der Waals surface area (Å²) in [4.78, 5) is 11.9. The van der Waals surface area contributed by atoms with Crippen LogP contribution in [0.2, 0.25) is 5.02 Å². The zero-order valence-electron chi connectivity index (χ0n) is 11.6. The van der Waals surface area contributed by atoms with Crippen LogP contribution in [0.5, 0.6) is 11.5 Å². The van der Waals surface area contributed by atoms with Crippen LogP contribution in [0.15, 0.2) is 47.6 Å². The van der Waals surface area contributed by atoms with E-state index in [-0.39, 0.29) is 5.91 Å². The van der Waals surface area contributed by atoms with Gasteiger partial charge < -0.3 is 9.47 Å². The van der Waals surface area contributed by atoms with Crippen LogP contribution in [0.4, 0.5) is 0 Å². The highest BCUT2D eigenvalue weighted by Gasteiger charge is 2.11. The number of hydrazone groups is 1. The number of rotatable bonds is 3. The number of hydrogen-bond acceptors (Lipinski definition) is 4. The molecule has 0 unspecified atom stereocenters. The molecule has 0 spiro atoms. The summed E-state index contributed by atoms with van der Waals surface area (Å²) in [6.07, 6.45) is 1.53. The van der Waals surface area contributed by atoms with E-state index < -0.39 is 0 Å². The lowest BCUT2D eigenvalue weighted by Crippen LogP contribution is -2.18. The monoisotopic (exact) mass is 316 g/mol. The average molecular weight is 317 g/mol. The number of benzene rings is 2. The van der Waals surface area contributed by atoms with Crippen molar-refractivity contribution >= 4 is 23.7 Å². The summed E-state index contributed by atoms with van der Waals surface area (Å²) in [6, 6.07) is 12.2. The van der Waals surface area contributed by atoms with Gasteiger partial charge >= 0.3 is 0 Å².